The Kier molecular flexibility index (Phi) is 6.43. The number of nitrogens with zero attached hydrogens (tertiary/aromatic N) is 3. The van der Waals surface area contributed by atoms with Crippen LogP contribution >= 0.6 is 28.4 Å². The normalized spacial score (nSPS) is 19.6. The zero-order chi connectivity index (χ0) is 19.5. The van der Waals surface area contributed by atoms with Crippen molar-refractivity contribution in [2.24, 2.45) is 0 Å². The highest BCUT2D eigenvalue weighted by Gasteiger charge is 2.28. The van der Waals surface area contributed by atoms with Crippen molar-refractivity contribution < 1.29 is 0 Å². The van der Waals surface area contributed by atoms with Crippen LogP contribution in [0.5, 0.6) is 0 Å². The van der Waals surface area contributed by atoms with E-state index in [9.17, 15) is 0 Å². The van der Waals surface area contributed by atoms with Crippen molar-refractivity contribution in [1.29, 1.82) is 5.41 Å². The Morgan fingerprint density at radius 1 is 1.32 bits per heavy atom. The van der Waals surface area contributed by atoms with Crippen molar-refractivity contribution in [1.82, 2.24) is 15.3 Å². The quantitative estimate of drug-likeness (QED) is 0.325. The van der Waals surface area contributed by atoms with Gasteiger partial charge in [0.15, 0.2) is 0 Å². The van der Waals surface area contributed by atoms with E-state index in [2.05, 4.69) is 66.4 Å². The second-order valence-corrected chi connectivity index (χ2v) is 9.48. The van der Waals surface area contributed by atoms with Crippen LogP contribution < -0.4 is 15.3 Å². The molecule has 1 aliphatic heterocycles. The highest BCUT2D eigenvalue weighted by atomic mass is 127. The van der Waals surface area contributed by atoms with Gasteiger partial charge in [0.05, 0.1) is 0 Å². The lowest BCUT2D eigenvalue weighted by Crippen LogP contribution is -2.44. The number of anilines is 2. The zero-order valence-corrected chi connectivity index (χ0v) is 19.2. The van der Waals surface area contributed by atoms with Crippen LogP contribution in [0.15, 0.2) is 18.5 Å². The van der Waals surface area contributed by atoms with Crippen molar-refractivity contribution in [2.75, 3.05) is 36.2 Å². The van der Waals surface area contributed by atoms with Crippen LogP contribution in [0, 0.1) is 12.3 Å². The summed E-state index contributed by atoms with van der Waals surface area (Å²) < 4.78 is 0. The van der Waals surface area contributed by atoms with Crippen molar-refractivity contribution in [3.63, 3.8) is 0 Å². The molecule has 2 heterocycles. The van der Waals surface area contributed by atoms with E-state index < -0.39 is 0 Å². The number of fused-ring (bicyclic) bond motifs is 1. The summed E-state index contributed by atoms with van der Waals surface area (Å²) in [7, 11) is 0. The minimum absolute atomic E-state index is 0.397. The smallest absolute Gasteiger partial charge is 0.135 e. The second kappa shape index (κ2) is 9.01. The Hall–Kier alpha value is -1.31. The predicted octanol–water partition coefficient (Wildman–Crippen LogP) is 3.82. The van der Waals surface area contributed by atoms with Gasteiger partial charge in [-0.3, -0.25) is 0 Å². The zero-order valence-electron chi connectivity index (χ0n) is 16.1. The minimum atomic E-state index is 0.397. The van der Waals surface area contributed by atoms with E-state index >= 15 is 0 Å². The number of hydrogen-bond donors (Lipinski definition) is 3. The van der Waals surface area contributed by atoms with Gasteiger partial charge in [0.2, 0.25) is 0 Å². The van der Waals surface area contributed by atoms with Gasteiger partial charge in [-0.25, -0.2) is 9.97 Å². The maximum absolute atomic E-state index is 8.03. The summed E-state index contributed by atoms with van der Waals surface area (Å²) in [5, 5.41) is 14.9. The topological polar surface area (TPSA) is 76.9 Å². The number of halogens is 1. The van der Waals surface area contributed by atoms with Gasteiger partial charge < -0.3 is 20.7 Å². The molecule has 0 saturated carbocycles. The molecule has 3 N–H and O–H groups in total. The first kappa shape index (κ1) is 20.0. The molecular formula is C20H26IN6P. The van der Waals surface area contributed by atoms with Gasteiger partial charge in [-0.1, -0.05) is 6.07 Å². The van der Waals surface area contributed by atoms with Crippen LogP contribution in [0.2, 0.25) is 0 Å². The minimum Gasteiger partial charge on any atom is -0.358 e. The van der Waals surface area contributed by atoms with Crippen LogP contribution in [-0.4, -0.2) is 42.4 Å². The van der Waals surface area contributed by atoms with E-state index in [0.29, 0.717) is 12.3 Å². The Bertz CT molecular complexity index is 868. The Morgan fingerprint density at radius 2 is 2.14 bits per heavy atom. The molecule has 2 atom stereocenters. The summed E-state index contributed by atoms with van der Waals surface area (Å²) in [5.41, 5.74) is 7.20. The van der Waals surface area contributed by atoms with Crippen molar-refractivity contribution in [3.8, 4) is 0 Å². The van der Waals surface area contributed by atoms with E-state index in [1.54, 1.807) is 6.33 Å². The van der Waals surface area contributed by atoms with Crippen LogP contribution in [0.1, 0.15) is 40.3 Å². The third-order valence-corrected chi connectivity index (χ3v) is 7.02. The lowest BCUT2D eigenvalue weighted by atomic mass is 9.78. The van der Waals surface area contributed by atoms with Gasteiger partial charge >= 0.3 is 0 Å². The first-order valence-corrected chi connectivity index (χ1v) is 13.9. The van der Waals surface area contributed by atoms with E-state index in [1.807, 2.05) is 0 Å². The highest BCUT2D eigenvalue weighted by Crippen LogP contribution is 2.40. The molecule has 2 aromatic rings. The fourth-order valence-corrected chi connectivity index (χ4v) is 5.71. The lowest BCUT2D eigenvalue weighted by Gasteiger charge is -2.33. The molecule has 2 aliphatic rings. The fraction of sp³-hybridized carbons (Fsp3) is 0.450. The lowest BCUT2D eigenvalue weighted by molar-refractivity contribution is 0.552. The van der Waals surface area contributed by atoms with Gasteiger partial charge in [0.1, 0.15) is 12.1 Å². The van der Waals surface area contributed by atoms with Crippen molar-refractivity contribution in [3.05, 3.63) is 46.4 Å². The monoisotopic (exact) mass is 508 g/mol. The average Bonchev–Trinajstić information content (AvgIpc) is 2.74. The number of nitrogens with one attached hydrogen (secondary N) is 3. The molecule has 0 bridgehead atoms. The third-order valence-electron chi connectivity index (χ3n) is 5.85. The highest BCUT2D eigenvalue weighted by molar-refractivity contribution is 14.2. The van der Waals surface area contributed by atoms with Crippen LogP contribution in [0.3, 0.4) is 0 Å². The molecule has 1 aromatic heterocycles. The number of aromatic nitrogens is 2. The van der Waals surface area contributed by atoms with Crippen molar-refractivity contribution >= 4 is 46.1 Å². The van der Waals surface area contributed by atoms with Gasteiger partial charge in [-0.05, 0) is 71.3 Å². The summed E-state index contributed by atoms with van der Waals surface area (Å²) >= 11 is 2.34. The van der Waals surface area contributed by atoms with E-state index in [0.717, 1.165) is 62.5 Å². The predicted molar refractivity (Wildman–Crippen MR) is 127 cm³/mol. The summed E-state index contributed by atoms with van der Waals surface area (Å²) in [6.45, 7) is 6.21. The maximum atomic E-state index is 8.03. The molecular weight excluding hydrogens is 482 g/mol. The molecule has 4 rings (SSSR count). The number of piperazine rings is 1. The Labute approximate surface area is 181 Å². The molecule has 1 aliphatic carbocycles. The number of rotatable bonds is 5. The molecule has 0 spiro atoms. The molecule has 6 nitrogen and oxygen atoms in total. The molecule has 1 fully saturated rings. The third kappa shape index (κ3) is 3.89. The van der Waals surface area contributed by atoms with Crippen LogP contribution in [0.25, 0.3) is 0 Å². The molecule has 1 saturated heterocycles. The van der Waals surface area contributed by atoms with Gasteiger partial charge in [-0.2, -0.15) is 0 Å². The first-order valence-electron chi connectivity index (χ1n) is 9.77. The van der Waals surface area contributed by atoms with Gasteiger partial charge in [-0.15, -0.1) is 0 Å². The van der Waals surface area contributed by atoms with E-state index in [-0.39, 0.29) is 0 Å². The average molecular weight is 508 g/mol. The van der Waals surface area contributed by atoms with Gasteiger partial charge in [0, 0.05) is 61.3 Å². The summed E-state index contributed by atoms with van der Waals surface area (Å²) in [6, 6.07) is 4.29. The molecule has 148 valence electrons. The number of hydrogen-bond acceptors (Lipinski definition) is 6. The summed E-state index contributed by atoms with van der Waals surface area (Å²) in [6.07, 6.45) is 6.85. The number of benzene rings is 1. The molecule has 0 amide bonds. The molecule has 8 heteroatoms. The first-order chi connectivity index (χ1) is 13.7. The van der Waals surface area contributed by atoms with E-state index in [1.165, 1.54) is 28.6 Å². The van der Waals surface area contributed by atoms with Crippen LogP contribution in [-0.2, 0) is 12.8 Å². The molecule has 1 aromatic carbocycles. The maximum Gasteiger partial charge on any atom is 0.135 e. The fourth-order valence-electron chi connectivity index (χ4n) is 4.52. The van der Waals surface area contributed by atoms with Crippen LogP contribution in [0.4, 0.5) is 11.5 Å². The Morgan fingerprint density at radius 3 is 2.89 bits per heavy atom. The number of aryl methyl sites for hydroxylation is 1. The molecule has 2 unspecified atom stereocenters. The summed E-state index contributed by atoms with van der Waals surface area (Å²) in [5.74, 6) is 1.53. The second-order valence-electron chi connectivity index (χ2n) is 7.42. The standard InChI is InChI=1S/C20H26IN6P/c1-13-2-5-17(26-28-21)16(11-22)19(13)14-3-4-15-18(10-14)24-12-25-20(15)27-8-6-23-7-9-27/h2,5,11-12,14,22-23,26,28H,3-4,6-10H2,1H3. The molecule has 0 radical (unpaired) electrons. The van der Waals surface area contributed by atoms with Gasteiger partial charge in [0.25, 0.3) is 0 Å². The molecule has 28 heavy (non-hydrogen) atoms. The Balaban J connectivity index is 1.67. The van der Waals surface area contributed by atoms with Crippen molar-refractivity contribution in [2.45, 2.75) is 32.1 Å². The largest absolute Gasteiger partial charge is 0.358 e. The van der Waals surface area contributed by atoms with E-state index in [4.69, 9.17) is 5.41 Å². The SMILES string of the molecule is Cc1ccc(NPI)c(C=N)c1C1CCc2c(ncnc2N2CCNCC2)C1. The summed E-state index contributed by atoms with van der Waals surface area (Å²) in [4.78, 5) is 11.7.